The van der Waals surface area contributed by atoms with Crippen molar-refractivity contribution in [3.05, 3.63) is 70.4 Å². The monoisotopic (exact) mass is 392 g/mol. The second kappa shape index (κ2) is 6.51. The van der Waals surface area contributed by atoms with Gasteiger partial charge in [0.1, 0.15) is 5.82 Å². The Balaban J connectivity index is 1.56. The highest BCUT2D eigenvalue weighted by Gasteiger charge is 2.26. The number of rotatable bonds is 3. The topological polar surface area (TPSA) is 59.8 Å². The summed E-state index contributed by atoms with van der Waals surface area (Å²) in [6, 6.07) is 15.9. The molecule has 0 fully saturated rings. The van der Waals surface area contributed by atoms with Crippen LogP contribution in [-0.2, 0) is 11.5 Å². The number of nitrogens with one attached hydrogen (secondary N) is 1. The molecule has 3 heterocycles. The fourth-order valence-electron chi connectivity index (χ4n) is 3.25. The van der Waals surface area contributed by atoms with Gasteiger partial charge in [0, 0.05) is 17.1 Å². The van der Waals surface area contributed by atoms with Gasteiger partial charge in [0.25, 0.3) is 5.91 Å². The molecule has 5 rings (SSSR count). The minimum atomic E-state index is -0.189. The molecule has 0 saturated heterocycles. The van der Waals surface area contributed by atoms with Crippen molar-refractivity contribution in [2.24, 2.45) is 0 Å². The molecule has 0 bridgehead atoms. The fraction of sp³-hybridized carbons (Fsp3) is 0.150. The van der Waals surface area contributed by atoms with Crippen LogP contribution in [-0.4, -0.2) is 20.7 Å². The number of carbonyl (C=O) groups excluding carboxylic acids is 1. The minimum Gasteiger partial charge on any atom is -0.304 e. The molecule has 1 aliphatic rings. The smallest absolute Gasteiger partial charge is 0.285 e. The summed E-state index contributed by atoms with van der Waals surface area (Å²) in [5, 5.41) is 8.33. The molecule has 1 N–H and O–H groups in total. The van der Waals surface area contributed by atoms with E-state index in [9.17, 15) is 4.79 Å². The number of para-hydroxylation sites is 2. The molecule has 0 aliphatic carbocycles. The summed E-state index contributed by atoms with van der Waals surface area (Å²) in [4.78, 5) is 17.4. The van der Waals surface area contributed by atoms with Crippen LogP contribution in [0.25, 0.3) is 15.9 Å². The zero-order chi connectivity index (χ0) is 18.4. The van der Waals surface area contributed by atoms with Crippen molar-refractivity contribution in [1.29, 1.82) is 0 Å². The van der Waals surface area contributed by atoms with Gasteiger partial charge in [-0.3, -0.25) is 4.79 Å². The molecule has 2 aromatic carbocycles. The summed E-state index contributed by atoms with van der Waals surface area (Å²) >= 11 is 3.23. The molecule has 0 atom stereocenters. The number of nitrogens with zero attached hydrogens (tertiary/aromatic N) is 3. The molecule has 134 valence electrons. The van der Waals surface area contributed by atoms with E-state index < -0.39 is 0 Å². The van der Waals surface area contributed by atoms with Crippen LogP contribution < -0.4 is 5.32 Å². The van der Waals surface area contributed by atoms with E-state index in [-0.39, 0.29) is 5.91 Å². The summed E-state index contributed by atoms with van der Waals surface area (Å²) in [6.07, 6.45) is 0. The Labute approximate surface area is 164 Å². The van der Waals surface area contributed by atoms with E-state index in [1.807, 2.05) is 58.9 Å². The molecule has 2 aromatic heterocycles. The second-order valence-electron chi connectivity index (χ2n) is 6.41. The van der Waals surface area contributed by atoms with Crippen molar-refractivity contribution in [3.8, 4) is 5.69 Å². The van der Waals surface area contributed by atoms with Gasteiger partial charge < -0.3 is 5.32 Å². The minimum absolute atomic E-state index is 0.189. The number of anilines is 1. The van der Waals surface area contributed by atoms with Gasteiger partial charge in [0.2, 0.25) is 0 Å². The zero-order valence-electron chi connectivity index (χ0n) is 14.6. The van der Waals surface area contributed by atoms with Crippen molar-refractivity contribution < 1.29 is 4.79 Å². The van der Waals surface area contributed by atoms with Gasteiger partial charge in [-0.05, 0) is 30.7 Å². The number of aryl methyl sites for hydroxylation is 1. The summed E-state index contributed by atoms with van der Waals surface area (Å²) < 4.78 is 2.88. The first-order chi connectivity index (χ1) is 13.2. The van der Waals surface area contributed by atoms with E-state index in [2.05, 4.69) is 23.3 Å². The second-order valence-corrected chi connectivity index (χ2v) is 8.42. The van der Waals surface area contributed by atoms with E-state index in [4.69, 9.17) is 5.10 Å². The first-order valence-corrected chi connectivity index (χ1v) is 10.6. The number of fused-ring (bicyclic) bond motifs is 2. The third kappa shape index (κ3) is 2.83. The van der Waals surface area contributed by atoms with Gasteiger partial charge in [-0.15, -0.1) is 11.3 Å². The van der Waals surface area contributed by atoms with Gasteiger partial charge in [0.05, 0.1) is 21.6 Å². The Bertz CT molecular complexity index is 1140. The number of carbonyl (C=O) groups is 1. The largest absolute Gasteiger partial charge is 0.304 e. The molecule has 1 aliphatic heterocycles. The van der Waals surface area contributed by atoms with Crippen molar-refractivity contribution in [1.82, 2.24) is 14.8 Å². The lowest BCUT2D eigenvalue weighted by molar-refractivity contribution is 0.102. The summed E-state index contributed by atoms with van der Waals surface area (Å²) in [5.74, 6) is 2.30. The molecule has 0 saturated carbocycles. The van der Waals surface area contributed by atoms with Crippen LogP contribution in [0.4, 0.5) is 5.82 Å². The highest BCUT2D eigenvalue weighted by Crippen LogP contribution is 2.37. The van der Waals surface area contributed by atoms with Crippen LogP contribution in [0.2, 0.25) is 0 Å². The molecular formula is C20H16N4OS2. The number of aromatic nitrogens is 3. The summed E-state index contributed by atoms with van der Waals surface area (Å²) in [6.45, 7) is 2.05. The van der Waals surface area contributed by atoms with Gasteiger partial charge in [-0.25, -0.2) is 9.67 Å². The number of amides is 1. The van der Waals surface area contributed by atoms with Gasteiger partial charge in [-0.1, -0.05) is 30.3 Å². The lowest BCUT2D eigenvalue weighted by atomic mass is 10.2. The number of hydrogen-bond donors (Lipinski definition) is 1. The Kier molecular flexibility index (Phi) is 3.98. The maximum absolute atomic E-state index is 12.9. The van der Waals surface area contributed by atoms with Crippen LogP contribution in [0, 0.1) is 6.92 Å². The number of hydrogen-bond acceptors (Lipinski definition) is 5. The lowest BCUT2D eigenvalue weighted by Crippen LogP contribution is -2.16. The average Bonchev–Trinajstić information content (AvgIpc) is 3.37. The predicted molar refractivity (Wildman–Crippen MR) is 111 cm³/mol. The van der Waals surface area contributed by atoms with Gasteiger partial charge >= 0.3 is 0 Å². The fourth-order valence-corrected chi connectivity index (χ4v) is 5.14. The van der Waals surface area contributed by atoms with Crippen LogP contribution in [0.1, 0.15) is 26.6 Å². The molecule has 0 unspecified atom stereocenters. The van der Waals surface area contributed by atoms with Crippen molar-refractivity contribution >= 4 is 45.0 Å². The van der Waals surface area contributed by atoms with Crippen molar-refractivity contribution in [2.75, 3.05) is 5.32 Å². The first kappa shape index (κ1) is 16.5. The Hall–Kier alpha value is -2.64. The highest BCUT2D eigenvalue weighted by molar-refractivity contribution is 7.98. The lowest BCUT2D eigenvalue weighted by Gasteiger charge is -2.12. The maximum Gasteiger partial charge on any atom is 0.285 e. The van der Waals surface area contributed by atoms with E-state index >= 15 is 0 Å². The number of thiazole rings is 1. The van der Waals surface area contributed by atoms with E-state index in [1.54, 1.807) is 0 Å². The SMILES string of the molecule is Cc1ccccc1-n1nc2c(c1NC(=O)c1nc3ccccc3s1)CSC2. The van der Waals surface area contributed by atoms with Crippen molar-refractivity contribution in [3.63, 3.8) is 0 Å². The third-order valence-electron chi connectivity index (χ3n) is 4.62. The molecule has 27 heavy (non-hydrogen) atoms. The van der Waals surface area contributed by atoms with Crippen LogP contribution in [0.3, 0.4) is 0 Å². The first-order valence-electron chi connectivity index (χ1n) is 8.62. The quantitative estimate of drug-likeness (QED) is 0.545. The Morgan fingerprint density at radius 1 is 1.11 bits per heavy atom. The molecule has 7 heteroatoms. The molecule has 1 amide bonds. The van der Waals surface area contributed by atoms with Gasteiger partial charge in [0.15, 0.2) is 5.01 Å². The molecule has 4 aromatic rings. The standard InChI is InChI=1S/C20H16N4OS2/c1-12-6-2-4-8-16(12)24-18(13-10-26-11-15(13)23-24)22-19(25)20-21-14-7-3-5-9-17(14)27-20/h2-9H,10-11H2,1H3,(H,22,25). The van der Waals surface area contributed by atoms with E-state index in [1.165, 1.54) is 11.3 Å². The molecule has 0 spiro atoms. The molecular weight excluding hydrogens is 376 g/mol. The van der Waals surface area contributed by atoms with Crippen LogP contribution in [0.5, 0.6) is 0 Å². The maximum atomic E-state index is 12.9. The normalized spacial score (nSPS) is 13.1. The van der Waals surface area contributed by atoms with Crippen LogP contribution >= 0.6 is 23.1 Å². The predicted octanol–water partition coefficient (Wildman–Crippen LogP) is 4.79. The van der Waals surface area contributed by atoms with Crippen molar-refractivity contribution in [2.45, 2.75) is 18.4 Å². The summed E-state index contributed by atoms with van der Waals surface area (Å²) in [5.41, 5.74) is 5.10. The number of benzene rings is 2. The Morgan fingerprint density at radius 3 is 2.78 bits per heavy atom. The third-order valence-corrected chi connectivity index (χ3v) is 6.62. The Morgan fingerprint density at radius 2 is 1.93 bits per heavy atom. The zero-order valence-corrected chi connectivity index (χ0v) is 16.2. The molecule has 0 radical (unpaired) electrons. The summed E-state index contributed by atoms with van der Waals surface area (Å²) in [7, 11) is 0. The number of thioether (sulfide) groups is 1. The van der Waals surface area contributed by atoms with Gasteiger partial charge in [-0.2, -0.15) is 16.9 Å². The average molecular weight is 393 g/mol. The van der Waals surface area contributed by atoms with Crippen LogP contribution in [0.15, 0.2) is 48.5 Å². The molecule has 5 nitrogen and oxygen atoms in total. The highest BCUT2D eigenvalue weighted by atomic mass is 32.2. The van der Waals surface area contributed by atoms with E-state index in [0.29, 0.717) is 5.01 Å². The van der Waals surface area contributed by atoms with E-state index in [0.717, 1.165) is 50.0 Å².